The first kappa shape index (κ1) is 19.1. The lowest BCUT2D eigenvalue weighted by atomic mass is 10.2. The predicted molar refractivity (Wildman–Crippen MR) is 110 cm³/mol. The van der Waals surface area contributed by atoms with Gasteiger partial charge in [0.1, 0.15) is 6.04 Å². The Bertz CT molecular complexity index is 894. The van der Waals surface area contributed by atoms with Crippen LogP contribution in [0.15, 0.2) is 59.9 Å². The highest BCUT2D eigenvalue weighted by atomic mass is 16.2. The van der Waals surface area contributed by atoms with Crippen LogP contribution in [-0.4, -0.2) is 64.7 Å². The Morgan fingerprint density at radius 3 is 2.45 bits per heavy atom. The molecule has 0 bridgehead atoms. The quantitative estimate of drug-likeness (QED) is 0.842. The average Bonchev–Trinajstić information content (AvgIpc) is 2.77. The maximum atomic E-state index is 13.0. The smallest absolute Gasteiger partial charge is 0.290 e. The number of nitrogens with one attached hydrogen (secondary N) is 1. The van der Waals surface area contributed by atoms with Crippen molar-refractivity contribution in [1.29, 1.82) is 0 Å². The molecule has 0 aliphatic carbocycles. The first-order valence-electron chi connectivity index (χ1n) is 9.76. The normalized spacial score (nSPS) is 20.2. The van der Waals surface area contributed by atoms with Crippen molar-refractivity contribution in [3.63, 3.8) is 0 Å². The van der Waals surface area contributed by atoms with Crippen molar-refractivity contribution in [2.75, 3.05) is 31.2 Å². The fraction of sp³-hybridized carbons (Fsp3) is 0.333. The highest BCUT2D eigenvalue weighted by molar-refractivity contribution is 6.39. The minimum atomic E-state index is -0.608. The molecule has 1 aromatic carbocycles. The highest BCUT2D eigenvalue weighted by Crippen LogP contribution is 2.17. The molecule has 2 amide bonds. The topological polar surface area (TPSA) is 81.1 Å². The molecule has 2 aliphatic heterocycles. The number of benzene rings is 1. The molecule has 0 spiro atoms. The van der Waals surface area contributed by atoms with Gasteiger partial charge in [0, 0.05) is 45.1 Å². The van der Waals surface area contributed by atoms with E-state index in [0.717, 1.165) is 19.6 Å². The van der Waals surface area contributed by atoms with Gasteiger partial charge in [-0.2, -0.15) is 0 Å². The van der Waals surface area contributed by atoms with Crippen molar-refractivity contribution in [2.24, 2.45) is 4.99 Å². The van der Waals surface area contributed by atoms with Gasteiger partial charge in [-0.1, -0.05) is 18.2 Å². The summed E-state index contributed by atoms with van der Waals surface area (Å²) in [6.45, 7) is 5.38. The van der Waals surface area contributed by atoms with Crippen LogP contribution in [0.3, 0.4) is 0 Å². The van der Waals surface area contributed by atoms with Gasteiger partial charge in [0.15, 0.2) is 0 Å². The number of amides is 2. The number of aromatic nitrogens is 1. The number of hydrogen-bond donors (Lipinski definition) is 1. The van der Waals surface area contributed by atoms with E-state index in [4.69, 9.17) is 0 Å². The summed E-state index contributed by atoms with van der Waals surface area (Å²) in [6.07, 6.45) is 3.59. The number of rotatable bonds is 4. The van der Waals surface area contributed by atoms with Gasteiger partial charge in [0.25, 0.3) is 11.8 Å². The minimum absolute atomic E-state index is 0.172. The van der Waals surface area contributed by atoms with E-state index in [-0.39, 0.29) is 17.6 Å². The molecule has 1 saturated heterocycles. The lowest BCUT2D eigenvalue weighted by molar-refractivity contribution is -0.126. The van der Waals surface area contributed by atoms with Gasteiger partial charge in [-0.05, 0) is 36.8 Å². The van der Waals surface area contributed by atoms with Crippen LogP contribution in [0.4, 0.5) is 5.69 Å². The van der Waals surface area contributed by atoms with Gasteiger partial charge in [0.05, 0.1) is 5.69 Å². The van der Waals surface area contributed by atoms with Crippen molar-refractivity contribution in [2.45, 2.75) is 19.5 Å². The fourth-order valence-electron chi connectivity index (χ4n) is 3.50. The molecule has 0 radical (unpaired) electrons. The van der Waals surface area contributed by atoms with Crippen molar-refractivity contribution in [3.8, 4) is 0 Å². The van der Waals surface area contributed by atoms with Crippen molar-refractivity contribution in [3.05, 3.63) is 60.4 Å². The number of para-hydroxylation sites is 1. The monoisotopic (exact) mass is 392 g/mol. The SMILES string of the molecule is C[C@@H]1N=C(C(=O)N2CCN(Cc3ccncc3)CC2)NN(c2ccccc2)C1=O. The summed E-state index contributed by atoms with van der Waals surface area (Å²) < 4.78 is 0. The minimum Gasteiger partial charge on any atom is -0.333 e. The molecule has 1 aromatic heterocycles. The summed E-state index contributed by atoms with van der Waals surface area (Å²) in [7, 11) is 0. The molecule has 0 saturated carbocycles. The van der Waals surface area contributed by atoms with Gasteiger partial charge < -0.3 is 4.90 Å². The molecular formula is C21H24N6O2. The number of carbonyl (C=O) groups excluding carboxylic acids is 2. The summed E-state index contributed by atoms with van der Waals surface area (Å²) in [6, 6.07) is 12.6. The van der Waals surface area contributed by atoms with Crippen molar-refractivity contribution >= 4 is 23.3 Å². The molecule has 2 aliphatic rings. The number of piperazine rings is 1. The number of carbonyl (C=O) groups is 2. The zero-order chi connectivity index (χ0) is 20.2. The number of aliphatic imine (C=N–C) groups is 1. The molecule has 150 valence electrons. The average molecular weight is 392 g/mol. The number of anilines is 1. The Balaban J connectivity index is 1.39. The number of pyridine rings is 1. The molecule has 1 fully saturated rings. The standard InChI is InChI=1S/C21H24N6O2/c1-16-20(28)27(18-5-3-2-4-6-18)24-19(23-16)21(29)26-13-11-25(12-14-26)15-17-7-9-22-10-8-17/h2-10,16H,11-15H2,1H3,(H,23,24)/t16-/m0/s1. The molecule has 0 unspecified atom stereocenters. The lowest BCUT2D eigenvalue weighted by Crippen LogP contribution is -2.60. The Morgan fingerprint density at radius 1 is 1.07 bits per heavy atom. The second kappa shape index (κ2) is 8.40. The van der Waals surface area contributed by atoms with Crippen LogP contribution in [0.2, 0.25) is 0 Å². The third kappa shape index (κ3) is 4.27. The van der Waals surface area contributed by atoms with Gasteiger partial charge >= 0.3 is 0 Å². The van der Waals surface area contributed by atoms with Gasteiger partial charge in [0.2, 0.25) is 5.84 Å². The zero-order valence-electron chi connectivity index (χ0n) is 16.4. The van der Waals surface area contributed by atoms with Gasteiger partial charge in [-0.25, -0.2) is 10.0 Å². The van der Waals surface area contributed by atoms with Crippen molar-refractivity contribution < 1.29 is 9.59 Å². The summed E-state index contributed by atoms with van der Waals surface area (Å²) >= 11 is 0. The summed E-state index contributed by atoms with van der Waals surface area (Å²) in [5.41, 5.74) is 4.82. The van der Waals surface area contributed by atoms with E-state index in [2.05, 4.69) is 20.3 Å². The molecule has 1 atom stereocenters. The number of hydrogen-bond acceptors (Lipinski definition) is 6. The molecular weight excluding hydrogens is 368 g/mol. The molecule has 2 aromatic rings. The van der Waals surface area contributed by atoms with E-state index < -0.39 is 6.04 Å². The van der Waals surface area contributed by atoms with E-state index >= 15 is 0 Å². The van der Waals surface area contributed by atoms with E-state index in [0.29, 0.717) is 18.8 Å². The van der Waals surface area contributed by atoms with Gasteiger partial charge in [-0.15, -0.1) is 0 Å². The largest absolute Gasteiger partial charge is 0.333 e. The first-order chi connectivity index (χ1) is 14.1. The Kier molecular flexibility index (Phi) is 5.53. The second-order valence-electron chi connectivity index (χ2n) is 7.20. The third-order valence-electron chi connectivity index (χ3n) is 5.15. The molecule has 3 heterocycles. The molecule has 8 nitrogen and oxygen atoms in total. The molecule has 29 heavy (non-hydrogen) atoms. The Morgan fingerprint density at radius 2 is 1.76 bits per heavy atom. The van der Waals surface area contributed by atoms with E-state index in [1.807, 2.05) is 42.5 Å². The Labute approximate surface area is 169 Å². The van der Waals surface area contributed by atoms with E-state index in [1.165, 1.54) is 10.6 Å². The summed E-state index contributed by atoms with van der Waals surface area (Å²) in [5, 5.41) is 1.41. The van der Waals surface area contributed by atoms with Crippen LogP contribution in [0.25, 0.3) is 0 Å². The van der Waals surface area contributed by atoms with E-state index in [1.54, 1.807) is 24.2 Å². The van der Waals surface area contributed by atoms with Crippen molar-refractivity contribution in [1.82, 2.24) is 20.2 Å². The van der Waals surface area contributed by atoms with Crippen LogP contribution < -0.4 is 10.4 Å². The van der Waals surface area contributed by atoms with Gasteiger partial charge in [-0.3, -0.25) is 24.9 Å². The van der Waals surface area contributed by atoms with Crippen LogP contribution in [0.1, 0.15) is 12.5 Å². The maximum absolute atomic E-state index is 13.0. The summed E-state index contributed by atoms with van der Waals surface area (Å²) in [4.78, 5) is 38.0. The van der Waals surface area contributed by atoms with E-state index in [9.17, 15) is 9.59 Å². The van der Waals surface area contributed by atoms with Crippen LogP contribution >= 0.6 is 0 Å². The zero-order valence-corrected chi connectivity index (χ0v) is 16.4. The first-order valence-corrected chi connectivity index (χ1v) is 9.76. The lowest BCUT2D eigenvalue weighted by Gasteiger charge is -2.37. The van der Waals surface area contributed by atoms with Crippen LogP contribution in [0, 0.1) is 0 Å². The van der Waals surface area contributed by atoms with Crippen LogP contribution in [-0.2, 0) is 16.1 Å². The highest BCUT2D eigenvalue weighted by Gasteiger charge is 2.33. The Hall–Kier alpha value is -3.26. The van der Waals surface area contributed by atoms with Crippen LogP contribution in [0.5, 0.6) is 0 Å². The second-order valence-corrected chi connectivity index (χ2v) is 7.20. The maximum Gasteiger partial charge on any atom is 0.290 e. The molecule has 4 rings (SSSR count). The number of nitrogens with zero attached hydrogens (tertiary/aromatic N) is 5. The fourth-order valence-corrected chi connectivity index (χ4v) is 3.50. The summed E-state index contributed by atoms with van der Waals surface area (Å²) in [5.74, 6) is -0.146. The number of hydrazine groups is 1. The predicted octanol–water partition coefficient (Wildman–Crippen LogP) is 1.06. The number of amidine groups is 1. The molecule has 1 N–H and O–H groups in total. The third-order valence-corrected chi connectivity index (χ3v) is 5.15. The molecule has 8 heteroatoms.